The Hall–Kier alpha value is -2.00. The second-order valence-corrected chi connectivity index (χ2v) is 8.76. The van der Waals surface area contributed by atoms with Gasteiger partial charge in [0.15, 0.2) is 0 Å². The Bertz CT molecular complexity index is 913. The summed E-state index contributed by atoms with van der Waals surface area (Å²) < 4.78 is 39.8. The van der Waals surface area contributed by atoms with Crippen LogP contribution in [0.3, 0.4) is 0 Å². The fraction of sp³-hybridized carbons (Fsp3) is 0.350. The van der Waals surface area contributed by atoms with Gasteiger partial charge in [-0.1, -0.05) is 17.7 Å². The van der Waals surface area contributed by atoms with Crippen molar-refractivity contribution in [3.8, 4) is 0 Å². The smallest absolute Gasteiger partial charge is 0.251 e. The van der Waals surface area contributed by atoms with E-state index in [4.69, 9.17) is 0 Å². The van der Waals surface area contributed by atoms with Gasteiger partial charge in [0, 0.05) is 44.8 Å². The van der Waals surface area contributed by atoms with Gasteiger partial charge in [-0.2, -0.15) is 4.31 Å². The Labute approximate surface area is 177 Å². The molecule has 6 nitrogen and oxygen atoms in total. The van der Waals surface area contributed by atoms with Crippen LogP contribution in [0.1, 0.15) is 15.9 Å². The lowest BCUT2D eigenvalue weighted by Gasteiger charge is -2.34. The molecule has 0 aromatic heterocycles. The molecule has 1 aliphatic heterocycles. The van der Waals surface area contributed by atoms with E-state index in [1.54, 1.807) is 24.3 Å². The van der Waals surface area contributed by atoms with Crippen LogP contribution in [0.15, 0.2) is 53.4 Å². The average Bonchev–Trinajstić information content (AvgIpc) is 2.69. The molecule has 1 N–H and O–H groups in total. The topological polar surface area (TPSA) is 69.7 Å². The van der Waals surface area contributed by atoms with E-state index in [1.807, 2.05) is 6.92 Å². The number of carbonyl (C=O) groups is 1. The summed E-state index contributed by atoms with van der Waals surface area (Å²) in [7, 11) is -3.47. The maximum absolute atomic E-state index is 12.9. The molecule has 3 rings (SSSR count). The highest BCUT2D eigenvalue weighted by Crippen LogP contribution is 2.18. The number of benzene rings is 2. The van der Waals surface area contributed by atoms with Gasteiger partial charge in [0.05, 0.1) is 4.90 Å². The standard InChI is InChI=1S/C20H24FN3O3S.ClH/c1-16-2-8-19(9-3-16)28(26,27)24-14-12-23(13-15-24)11-10-22-20(25)17-4-6-18(21)7-5-17;/h2-9H,10-15H2,1H3,(H,22,25);1H. The first-order valence-electron chi connectivity index (χ1n) is 9.19. The van der Waals surface area contributed by atoms with E-state index in [0.29, 0.717) is 49.7 Å². The van der Waals surface area contributed by atoms with Gasteiger partial charge in [0.1, 0.15) is 5.82 Å². The molecule has 0 bridgehead atoms. The summed E-state index contributed by atoms with van der Waals surface area (Å²) in [5.41, 5.74) is 1.43. The molecule has 0 unspecified atom stereocenters. The lowest BCUT2D eigenvalue weighted by Crippen LogP contribution is -2.50. The molecular weight excluding hydrogens is 417 g/mol. The van der Waals surface area contributed by atoms with Crippen molar-refractivity contribution >= 4 is 28.3 Å². The number of amides is 1. The fourth-order valence-electron chi connectivity index (χ4n) is 3.08. The summed E-state index contributed by atoms with van der Waals surface area (Å²) in [6.07, 6.45) is 0. The zero-order valence-corrected chi connectivity index (χ0v) is 17.8. The van der Waals surface area contributed by atoms with Crippen LogP contribution >= 0.6 is 12.4 Å². The predicted molar refractivity (Wildman–Crippen MR) is 112 cm³/mol. The first-order valence-corrected chi connectivity index (χ1v) is 10.6. The SMILES string of the molecule is Cc1ccc(S(=O)(=O)N2CCN(CCNC(=O)c3ccc(F)cc3)CC2)cc1.Cl. The van der Waals surface area contributed by atoms with E-state index in [-0.39, 0.29) is 24.1 Å². The zero-order chi connectivity index (χ0) is 20.1. The highest BCUT2D eigenvalue weighted by molar-refractivity contribution is 7.89. The third-order valence-electron chi connectivity index (χ3n) is 4.81. The summed E-state index contributed by atoms with van der Waals surface area (Å²) in [5.74, 6) is -0.629. The van der Waals surface area contributed by atoms with Gasteiger partial charge in [-0.15, -0.1) is 12.4 Å². The van der Waals surface area contributed by atoms with Crippen molar-refractivity contribution in [2.45, 2.75) is 11.8 Å². The van der Waals surface area contributed by atoms with Gasteiger partial charge in [-0.05, 0) is 43.3 Å². The Morgan fingerprint density at radius 3 is 2.17 bits per heavy atom. The largest absolute Gasteiger partial charge is 0.351 e. The lowest BCUT2D eigenvalue weighted by atomic mass is 10.2. The molecule has 1 fully saturated rings. The molecule has 1 heterocycles. The van der Waals surface area contributed by atoms with Gasteiger partial charge in [-0.25, -0.2) is 12.8 Å². The molecule has 1 amide bonds. The van der Waals surface area contributed by atoms with Crippen molar-refractivity contribution in [3.63, 3.8) is 0 Å². The third-order valence-corrected chi connectivity index (χ3v) is 6.72. The Morgan fingerprint density at radius 2 is 1.59 bits per heavy atom. The molecule has 9 heteroatoms. The van der Waals surface area contributed by atoms with Crippen molar-refractivity contribution in [3.05, 3.63) is 65.5 Å². The molecule has 0 spiro atoms. The minimum absolute atomic E-state index is 0. The number of halogens is 2. The van der Waals surface area contributed by atoms with Gasteiger partial charge in [0.2, 0.25) is 10.0 Å². The number of hydrogen-bond donors (Lipinski definition) is 1. The van der Waals surface area contributed by atoms with E-state index >= 15 is 0 Å². The first kappa shape index (κ1) is 23.3. The monoisotopic (exact) mass is 441 g/mol. The number of sulfonamides is 1. The van der Waals surface area contributed by atoms with Crippen LogP contribution in [-0.2, 0) is 10.0 Å². The molecule has 2 aromatic carbocycles. The van der Waals surface area contributed by atoms with Crippen LogP contribution in [0.5, 0.6) is 0 Å². The Morgan fingerprint density at radius 1 is 1.00 bits per heavy atom. The molecule has 1 aliphatic rings. The summed E-state index contributed by atoms with van der Waals surface area (Å²) in [5, 5.41) is 2.80. The Balaban J connectivity index is 0.00000300. The maximum atomic E-state index is 12.9. The van der Waals surface area contributed by atoms with Gasteiger partial charge >= 0.3 is 0 Å². The van der Waals surface area contributed by atoms with Gasteiger partial charge in [0.25, 0.3) is 5.91 Å². The average molecular weight is 442 g/mol. The minimum Gasteiger partial charge on any atom is -0.351 e. The number of aryl methyl sites for hydroxylation is 1. The quantitative estimate of drug-likeness (QED) is 0.746. The number of carbonyl (C=O) groups excluding carboxylic acids is 1. The van der Waals surface area contributed by atoms with Crippen molar-refractivity contribution in [2.24, 2.45) is 0 Å². The molecule has 0 aliphatic carbocycles. The van der Waals surface area contributed by atoms with Crippen LogP contribution in [-0.4, -0.2) is 62.8 Å². The van der Waals surface area contributed by atoms with Crippen LogP contribution in [0, 0.1) is 12.7 Å². The number of rotatable bonds is 6. The van der Waals surface area contributed by atoms with Crippen molar-refractivity contribution < 1.29 is 17.6 Å². The maximum Gasteiger partial charge on any atom is 0.251 e. The van der Waals surface area contributed by atoms with E-state index in [0.717, 1.165) is 5.56 Å². The summed E-state index contributed by atoms with van der Waals surface area (Å²) >= 11 is 0. The highest BCUT2D eigenvalue weighted by Gasteiger charge is 2.28. The van der Waals surface area contributed by atoms with E-state index in [9.17, 15) is 17.6 Å². The molecule has 158 valence electrons. The second-order valence-electron chi connectivity index (χ2n) is 6.82. The first-order chi connectivity index (χ1) is 13.4. The number of hydrogen-bond acceptors (Lipinski definition) is 4. The van der Waals surface area contributed by atoms with Gasteiger partial charge < -0.3 is 5.32 Å². The Kier molecular flexibility index (Phi) is 8.15. The second kappa shape index (κ2) is 10.2. The molecule has 2 aromatic rings. The van der Waals surface area contributed by atoms with Crippen molar-refractivity contribution in [1.29, 1.82) is 0 Å². The third kappa shape index (κ3) is 5.99. The summed E-state index contributed by atoms with van der Waals surface area (Å²) in [6.45, 7) is 5.05. The molecule has 29 heavy (non-hydrogen) atoms. The van der Waals surface area contributed by atoms with E-state index < -0.39 is 10.0 Å². The van der Waals surface area contributed by atoms with Crippen molar-refractivity contribution in [2.75, 3.05) is 39.3 Å². The fourth-order valence-corrected chi connectivity index (χ4v) is 4.51. The molecule has 1 saturated heterocycles. The molecule has 0 atom stereocenters. The van der Waals surface area contributed by atoms with E-state index in [1.165, 1.54) is 28.6 Å². The zero-order valence-electron chi connectivity index (χ0n) is 16.2. The number of nitrogens with one attached hydrogen (secondary N) is 1. The minimum atomic E-state index is -3.47. The van der Waals surface area contributed by atoms with Crippen LogP contribution < -0.4 is 5.32 Å². The predicted octanol–water partition coefficient (Wildman–Crippen LogP) is 2.29. The highest BCUT2D eigenvalue weighted by atomic mass is 35.5. The van der Waals surface area contributed by atoms with Crippen LogP contribution in [0.2, 0.25) is 0 Å². The van der Waals surface area contributed by atoms with Crippen LogP contribution in [0.25, 0.3) is 0 Å². The number of nitrogens with zero attached hydrogens (tertiary/aromatic N) is 2. The summed E-state index contributed by atoms with van der Waals surface area (Å²) in [4.78, 5) is 14.5. The lowest BCUT2D eigenvalue weighted by molar-refractivity contribution is 0.0945. The molecule has 0 saturated carbocycles. The normalized spacial score (nSPS) is 15.5. The van der Waals surface area contributed by atoms with Crippen molar-refractivity contribution in [1.82, 2.24) is 14.5 Å². The van der Waals surface area contributed by atoms with Gasteiger partial charge in [-0.3, -0.25) is 9.69 Å². The number of piperazine rings is 1. The molecule has 0 radical (unpaired) electrons. The van der Waals surface area contributed by atoms with E-state index in [2.05, 4.69) is 10.2 Å². The molecular formula is C20H25ClFN3O3S. The summed E-state index contributed by atoms with van der Waals surface area (Å²) in [6, 6.07) is 12.3. The van der Waals surface area contributed by atoms with Crippen LogP contribution in [0.4, 0.5) is 4.39 Å².